The van der Waals surface area contributed by atoms with Crippen LogP contribution in [-0.2, 0) is 19.1 Å². The van der Waals surface area contributed by atoms with E-state index >= 15 is 0 Å². The molecule has 0 aromatic heterocycles. The number of carboxylic acid groups (broad SMARTS) is 1. The highest BCUT2D eigenvalue weighted by Crippen LogP contribution is 2.56. The Hall–Kier alpha value is -2.16. The molecule has 9 nitrogen and oxygen atoms in total. The van der Waals surface area contributed by atoms with E-state index in [0.29, 0.717) is 38.7 Å². The number of aliphatic carboxylic acids is 1. The van der Waals surface area contributed by atoms with Gasteiger partial charge in [0.05, 0.1) is 17.9 Å². The van der Waals surface area contributed by atoms with Crippen LogP contribution in [0.4, 0.5) is 4.79 Å². The van der Waals surface area contributed by atoms with Gasteiger partial charge in [0.2, 0.25) is 11.9 Å². The van der Waals surface area contributed by atoms with Crippen molar-refractivity contribution in [1.82, 2.24) is 10.2 Å². The maximum Gasteiger partial charge on any atom is 0.414 e. The van der Waals surface area contributed by atoms with Crippen molar-refractivity contribution in [3.63, 3.8) is 0 Å². The molecule has 0 radical (unpaired) electrons. The van der Waals surface area contributed by atoms with Crippen molar-refractivity contribution in [2.24, 2.45) is 16.3 Å². The second kappa shape index (κ2) is 9.54. The third-order valence-electron chi connectivity index (χ3n) is 6.29. The molecule has 0 bridgehead atoms. The smallest absolute Gasteiger partial charge is 0.414 e. The van der Waals surface area contributed by atoms with Crippen LogP contribution in [0.5, 0.6) is 0 Å². The normalized spacial score (nSPS) is 25.1. The van der Waals surface area contributed by atoms with Gasteiger partial charge in [0.1, 0.15) is 5.60 Å². The Morgan fingerprint density at radius 1 is 1.29 bits per heavy atom. The Labute approximate surface area is 184 Å². The SMILES string of the molecule is CCC1(CC)CC(=O)N(CC2(CCCOC)C[C@H]2C(=O)O)C(NC(=O)OC(C)(C)C)=N1. The van der Waals surface area contributed by atoms with E-state index in [0.717, 1.165) is 0 Å². The number of methoxy groups -OCH3 is 1. The number of ether oxygens (including phenoxy) is 2. The number of carbonyl (C=O) groups excluding carboxylic acids is 2. The average molecular weight is 440 g/mol. The molecule has 1 unspecified atom stereocenters. The lowest BCUT2D eigenvalue weighted by atomic mass is 9.87. The average Bonchev–Trinajstić information content (AvgIpc) is 3.37. The number of guanidine groups is 1. The van der Waals surface area contributed by atoms with Gasteiger partial charge in [-0.3, -0.25) is 19.8 Å². The van der Waals surface area contributed by atoms with Crippen molar-refractivity contribution >= 4 is 23.9 Å². The van der Waals surface area contributed by atoms with Crippen LogP contribution in [0.3, 0.4) is 0 Å². The van der Waals surface area contributed by atoms with Gasteiger partial charge in [0, 0.05) is 25.7 Å². The van der Waals surface area contributed by atoms with Crippen LogP contribution in [0.15, 0.2) is 4.99 Å². The number of aliphatic imine (C=N–C) groups is 1. The highest BCUT2D eigenvalue weighted by atomic mass is 16.6. The molecular formula is C22H37N3O6. The summed E-state index contributed by atoms with van der Waals surface area (Å²) < 4.78 is 10.5. The maximum absolute atomic E-state index is 13.2. The summed E-state index contributed by atoms with van der Waals surface area (Å²) in [6.45, 7) is 9.93. The number of hydrogen-bond acceptors (Lipinski definition) is 6. The Balaban J connectivity index is 2.31. The van der Waals surface area contributed by atoms with Gasteiger partial charge in [-0.25, -0.2) is 9.79 Å². The largest absolute Gasteiger partial charge is 0.481 e. The fourth-order valence-corrected chi connectivity index (χ4v) is 4.24. The highest BCUT2D eigenvalue weighted by Gasteiger charge is 2.59. The fourth-order valence-electron chi connectivity index (χ4n) is 4.24. The van der Waals surface area contributed by atoms with Gasteiger partial charge >= 0.3 is 12.1 Å². The summed E-state index contributed by atoms with van der Waals surface area (Å²) in [5, 5.41) is 12.2. The highest BCUT2D eigenvalue weighted by molar-refractivity contribution is 6.05. The van der Waals surface area contributed by atoms with Gasteiger partial charge in [-0.15, -0.1) is 0 Å². The minimum atomic E-state index is -0.864. The summed E-state index contributed by atoms with van der Waals surface area (Å²) in [6, 6.07) is 0. The standard InChI is InChI=1S/C22H37N3O6/c1-7-22(8-2)13-16(26)25(18(24-22)23-19(29)31-20(3,4)5)14-21(10-9-11-30-6)12-15(21)17(27)28/h15H,7-14H2,1-6H3,(H,27,28)(H,23,24,29)/t15-,21?/m0/s1. The van der Waals surface area contributed by atoms with Gasteiger partial charge in [-0.2, -0.15) is 0 Å². The number of carboxylic acids is 1. The number of rotatable bonds is 9. The van der Waals surface area contributed by atoms with Crippen molar-refractivity contribution < 1.29 is 29.0 Å². The van der Waals surface area contributed by atoms with Gasteiger partial charge in [-0.05, 0) is 52.9 Å². The fraction of sp³-hybridized carbons (Fsp3) is 0.818. The molecule has 2 N–H and O–H groups in total. The zero-order chi connectivity index (χ0) is 23.4. The lowest BCUT2D eigenvalue weighted by molar-refractivity contribution is -0.140. The summed E-state index contributed by atoms with van der Waals surface area (Å²) in [4.78, 5) is 43.6. The first-order valence-electron chi connectivity index (χ1n) is 11.0. The van der Waals surface area contributed by atoms with E-state index in [1.54, 1.807) is 27.9 Å². The maximum atomic E-state index is 13.2. The third-order valence-corrected chi connectivity index (χ3v) is 6.29. The molecule has 1 heterocycles. The molecule has 1 aliphatic heterocycles. The van der Waals surface area contributed by atoms with Crippen LogP contribution < -0.4 is 5.32 Å². The molecule has 2 rings (SSSR count). The molecule has 176 valence electrons. The van der Waals surface area contributed by atoms with Crippen molar-refractivity contribution in [1.29, 1.82) is 0 Å². The van der Waals surface area contributed by atoms with E-state index in [4.69, 9.17) is 14.5 Å². The van der Waals surface area contributed by atoms with Crippen molar-refractivity contribution in [2.75, 3.05) is 20.3 Å². The van der Waals surface area contributed by atoms with E-state index in [-0.39, 0.29) is 24.8 Å². The van der Waals surface area contributed by atoms with Crippen molar-refractivity contribution in [3.8, 4) is 0 Å². The molecule has 0 aromatic rings. The Morgan fingerprint density at radius 3 is 2.42 bits per heavy atom. The minimum absolute atomic E-state index is 0.149. The zero-order valence-corrected chi connectivity index (χ0v) is 19.6. The number of carbonyl (C=O) groups is 3. The molecule has 9 heteroatoms. The van der Waals surface area contributed by atoms with E-state index in [2.05, 4.69) is 5.32 Å². The molecule has 0 spiro atoms. The number of nitrogens with one attached hydrogen (secondary N) is 1. The second-order valence-electron chi connectivity index (χ2n) is 9.70. The quantitative estimate of drug-likeness (QED) is 0.533. The number of amides is 2. The lowest BCUT2D eigenvalue weighted by Gasteiger charge is -2.39. The van der Waals surface area contributed by atoms with Gasteiger partial charge in [0.15, 0.2) is 0 Å². The molecule has 2 aliphatic rings. The van der Waals surface area contributed by atoms with Crippen LogP contribution >= 0.6 is 0 Å². The van der Waals surface area contributed by atoms with E-state index in [9.17, 15) is 19.5 Å². The molecule has 1 aliphatic carbocycles. The molecule has 2 amide bonds. The zero-order valence-electron chi connectivity index (χ0n) is 19.6. The summed E-state index contributed by atoms with van der Waals surface area (Å²) in [5.74, 6) is -1.40. The number of hydrogen-bond donors (Lipinski definition) is 2. The molecular weight excluding hydrogens is 402 g/mol. The van der Waals surface area contributed by atoms with E-state index in [1.165, 1.54) is 4.90 Å². The van der Waals surface area contributed by atoms with Crippen LogP contribution in [0.25, 0.3) is 0 Å². The first-order valence-corrected chi connectivity index (χ1v) is 11.0. The first kappa shape index (κ1) is 25.1. The topological polar surface area (TPSA) is 118 Å². The van der Waals surface area contributed by atoms with Gasteiger partial charge in [-0.1, -0.05) is 13.8 Å². The van der Waals surface area contributed by atoms with Crippen LogP contribution in [0.1, 0.15) is 73.1 Å². The summed E-state index contributed by atoms with van der Waals surface area (Å²) in [6.07, 6.45) is 2.65. The Bertz CT molecular complexity index is 725. The van der Waals surface area contributed by atoms with Crippen LogP contribution in [0.2, 0.25) is 0 Å². The molecule has 1 saturated carbocycles. The molecule has 2 atom stereocenters. The molecule has 0 aromatic carbocycles. The van der Waals surface area contributed by atoms with Gasteiger partial charge in [0.25, 0.3) is 0 Å². The van der Waals surface area contributed by atoms with E-state index in [1.807, 2.05) is 13.8 Å². The number of nitrogens with zero attached hydrogens (tertiary/aromatic N) is 2. The Morgan fingerprint density at radius 2 is 1.94 bits per heavy atom. The van der Waals surface area contributed by atoms with E-state index < -0.39 is 34.5 Å². The molecule has 0 saturated heterocycles. The van der Waals surface area contributed by atoms with Crippen molar-refractivity contribution in [3.05, 3.63) is 0 Å². The monoisotopic (exact) mass is 439 g/mol. The van der Waals surface area contributed by atoms with Crippen molar-refractivity contribution in [2.45, 2.75) is 84.3 Å². The van der Waals surface area contributed by atoms with Crippen LogP contribution in [-0.4, -0.2) is 65.3 Å². The lowest BCUT2D eigenvalue weighted by Crippen LogP contribution is -2.56. The third kappa shape index (κ3) is 6.18. The summed E-state index contributed by atoms with van der Waals surface area (Å²) in [5.41, 5.74) is -1.83. The van der Waals surface area contributed by atoms with Gasteiger partial charge < -0.3 is 14.6 Å². The minimum Gasteiger partial charge on any atom is -0.481 e. The Kier molecular flexibility index (Phi) is 7.73. The predicted octanol–water partition coefficient (Wildman–Crippen LogP) is 3.18. The second-order valence-corrected chi connectivity index (χ2v) is 9.70. The van der Waals surface area contributed by atoms with Crippen LogP contribution in [0, 0.1) is 11.3 Å². The summed E-state index contributed by atoms with van der Waals surface area (Å²) >= 11 is 0. The predicted molar refractivity (Wildman–Crippen MR) is 116 cm³/mol. The molecule has 1 fully saturated rings. The summed E-state index contributed by atoms with van der Waals surface area (Å²) in [7, 11) is 1.60. The number of alkyl carbamates (subject to hydrolysis) is 1. The first-order chi connectivity index (χ1) is 14.4. The molecule has 31 heavy (non-hydrogen) atoms.